The topological polar surface area (TPSA) is 90.5 Å². The van der Waals surface area contributed by atoms with E-state index in [1.165, 1.54) is 7.05 Å². The summed E-state index contributed by atoms with van der Waals surface area (Å²) in [5.74, 6) is -0.391. The van der Waals surface area contributed by atoms with Gasteiger partial charge in [-0.2, -0.15) is 0 Å². The minimum atomic E-state index is -0.500. The van der Waals surface area contributed by atoms with E-state index in [9.17, 15) is 14.4 Å². The molecule has 1 heterocycles. The summed E-state index contributed by atoms with van der Waals surface area (Å²) in [6, 6.07) is 8.73. The van der Waals surface area contributed by atoms with E-state index in [-0.39, 0.29) is 24.4 Å². The first-order valence-corrected chi connectivity index (χ1v) is 7.68. The van der Waals surface area contributed by atoms with Crippen LogP contribution in [0.15, 0.2) is 30.3 Å². The molecule has 0 aliphatic carbocycles. The van der Waals surface area contributed by atoms with E-state index >= 15 is 0 Å². The fraction of sp³-hybridized carbons (Fsp3) is 0.438. The zero-order chi connectivity index (χ0) is 16.7. The maximum absolute atomic E-state index is 12.1. The van der Waals surface area contributed by atoms with Crippen molar-refractivity contribution in [3.05, 3.63) is 35.9 Å². The molecular formula is C16H22N4O3. The number of piperidine rings is 1. The van der Waals surface area contributed by atoms with E-state index in [2.05, 4.69) is 16.0 Å². The molecule has 0 bridgehead atoms. The van der Waals surface area contributed by atoms with Gasteiger partial charge in [-0.3, -0.25) is 19.8 Å². The quantitative estimate of drug-likeness (QED) is 0.746. The second-order valence-electron chi connectivity index (χ2n) is 5.52. The highest BCUT2D eigenvalue weighted by atomic mass is 16.2. The van der Waals surface area contributed by atoms with Crippen molar-refractivity contribution in [2.75, 3.05) is 26.7 Å². The number of imide groups is 1. The highest BCUT2D eigenvalue weighted by Crippen LogP contribution is 2.11. The number of hydrogen-bond acceptors (Lipinski definition) is 4. The Morgan fingerprint density at radius 1 is 1.13 bits per heavy atom. The smallest absolute Gasteiger partial charge is 0.321 e. The van der Waals surface area contributed by atoms with E-state index in [1.807, 2.05) is 23.1 Å². The summed E-state index contributed by atoms with van der Waals surface area (Å²) in [6.07, 6.45) is 1.57. The Hall–Kier alpha value is -2.41. The van der Waals surface area contributed by atoms with E-state index in [1.54, 1.807) is 12.1 Å². The van der Waals surface area contributed by atoms with Crippen LogP contribution in [0.3, 0.4) is 0 Å². The predicted molar refractivity (Wildman–Crippen MR) is 86.0 cm³/mol. The van der Waals surface area contributed by atoms with Crippen LogP contribution in [0.2, 0.25) is 0 Å². The number of rotatable bonds is 4. The minimum Gasteiger partial charge on any atom is -0.349 e. The van der Waals surface area contributed by atoms with Crippen molar-refractivity contribution < 1.29 is 14.4 Å². The average Bonchev–Trinajstić information content (AvgIpc) is 2.57. The van der Waals surface area contributed by atoms with Gasteiger partial charge in [-0.05, 0) is 25.0 Å². The summed E-state index contributed by atoms with van der Waals surface area (Å²) < 4.78 is 0. The lowest BCUT2D eigenvalue weighted by molar-refractivity contribution is -0.121. The lowest BCUT2D eigenvalue weighted by atomic mass is 10.0. The van der Waals surface area contributed by atoms with E-state index in [0.717, 1.165) is 12.8 Å². The van der Waals surface area contributed by atoms with Crippen molar-refractivity contribution in [2.45, 2.75) is 18.9 Å². The average molecular weight is 318 g/mol. The Kier molecular flexibility index (Phi) is 6.10. The van der Waals surface area contributed by atoms with Gasteiger partial charge in [-0.1, -0.05) is 18.2 Å². The van der Waals surface area contributed by atoms with Gasteiger partial charge in [0.15, 0.2) is 0 Å². The fourth-order valence-electron chi connectivity index (χ4n) is 2.53. The Balaban J connectivity index is 1.73. The molecule has 1 aliphatic rings. The number of likely N-dealkylation sites (tertiary alicyclic amines) is 1. The number of nitrogens with zero attached hydrogens (tertiary/aromatic N) is 1. The molecule has 0 spiro atoms. The Morgan fingerprint density at radius 3 is 2.39 bits per heavy atom. The van der Waals surface area contributed by atoms with Crippen LogP contribution in [0.1, 0.15) is 23.2 Å². The monoisotopic (exact) mass is 318 g/mol. The van der Waals surface area contributed by atoms with E-state index in [0.29, 0.717) is 18.7 Å². The zero-order valence-corrected chi connectivity index (χ0v) is 13.2. The molecule has 124 valence electrons. The molecule has 23 heavy (non-hydrogen) atoms. The molecule has 1 aromatic rings. The standard InChI is InChI=1S/C16H22N4O3/c1-17-16(23)19-14(21)11-20-9-7-13(8-10-20)18-15(22)12-5-3-2-4-6-12/h2-6,13H,7-11H2,1H3,(H,18,22)(H2,17,19,21,23). The molecule has 0 saturated carbocycles. The molecule has 1 aliphatic heterocycles. The lowest BCUT2D eigenvalue weighted by Crippen LogP contribution is -2.48. The third kappa shape index (κ3) is 5.37. The number of nitrogens with one attached hydrogen (secondary N) is 3. The number of benzene rings is 1. The first-order chi connectivity index (χ1) is 11.1. The summed E-state index contributed by atoms with van der Waals surface area (Å²) in [5.41, 5.74) is 0.653. The summed E-state index contributed by atoms with van der Waals surface area (Å²) in [7, 11) is 1.46. The molecule has 0 atom stereocenters. The van der Waals surface area contributed by atoms with Crippen molar-refractivity contribution in [2.24, 2.45) is 0 Å². The number of hydrogen-bond donors (Lipinski definition) is 3. The van der Waals surface area contributed by atoms with Gasteiger partial charge in [-0.25, -0.2) is 4.79 Å². The number of urea groups is 1. The first-order valence-electron chi connectivity index (χ1n) is 7.68. The van der Waals surface area contributed by atoms with Crippen molar-refractivity contribution in [1.29, 1.82) is 0 Å². The Bertz CT molecular complexity index is 554. The maximum Gasteiger partial charge on any atom is 0.321 e. The van der Waals surface area contributed by atoms with Gasteiger partial charge in [0.2, 0.25) is 5.91 Å². The van der Waals surface area contributed by atoms with Crippen LogP contribution < -0.4 is 16.0 Å². The highest BCUT2D eigenvalue weighted by Gasteiger charge is 2.22. The molecular weight excluding hydrogens is 296 g/mol. The van der Waals surface area contributed by atoms with Crippen molar-refractivity contribution in [1.82, 2.24) is 20.9 Å². The maximum atomic E-state index is 12.1. The Morgan fingerprint density at radius 2 is 1.78 bits per heavy atom. The minimum absolute atomic E-state index is 0.0681. The first kappa shape index (κ1) is 17.0. The number of carbonyl (C=O) groups excluding carboxylic acids is 3. The van der Waals surface area contributed by atoms with Crippen molar-refractivity contribution >= 4 is 17.8 Å². The van der Waals surface area contributed by atoms with Crippen molar-refractivity contribution in [3.8, 4) is 0 Å². The largest absolute Gasteiger partial charge is 0.349 e. The summed E-state index contributed by atoms with van der Waals surface area (Å²) in [6.45, 7) is 1.61. The molecule has 7 heteroatoms. The van der Waals surface area contributed by atoms with Crippen LogP contribution >= 0.6 is 0 Å². The zero-order valence-electron chi connectivity index (χ0n) is 13.2. The van der Waals surface area contributed by atoms with Crippen LogP contribution in [0, 0.1) is 0 Å². The summed E-state index contributed by atoms with van der Waals surface area (Å²) in [4.78, 5) is 36.8. The van der Waals surface area contributed by atoms with Gasteiger partial charge in [0.1, 0.15) is 0 Å². The second kappa shape index (κ2) is 8.28. The molecule has 1 saturated heterocycles. The second-order valence-corrected chi connectivity index (χ2v) is 5.52. The van der Waals surface area contributed by atoms with Crippen molar-refractivity contribution in [3.63, 3.8) is 0 Å². The van der Waals surface area contributed by atoms with Gasteiger partial charge >= 0.3 is 6.03 Å². The van der Waals surface area contributed by atoms with Gasteiger partial charge in [0.05, 0.1) is 6.54 Å². The number of carbonyl (C=O) groups is 3. The van der Waals surface area contributed by atoms with Gasteiger partial charge < -0.3 is 10.6 Å². The van der Waals surface area contributed by atoms with Gasteiger partial charge in [0, 0.05) is 31.7 Å². The third-order valence-electron chi connectivity index (χ3n) is 3.81. The van der Waals surface area contributed by atoms with Crippen LogP contribution in [0.4, 0.5) is 4.79 Å². The molecule has 0 radical (unpaired) electrons. The lowest BCUT2D eigenvalue weighted by Gasteiger charge is -2.31. The van der Waals surface area contributed by atoms with Crippen LogP contribution in [0.5, 0.6) is 0 Å². The predicted octanol–water partition coefficient (Wildman–Crippen LogP) is 0.336. The highest BCUT2D eigenvalue weighted by molar-refractivity contribution is 5.95. The molecule has 1 aromatic carbocycles. The third-order valence-corrected chi connectivity index (χ3v) is 3.81. The van der Waals surface area contributed by atoms with E-state index < -0.39 is 6.03 Å². The molecule has 0 unspecified atom stereocenters. The Labute approximate surface area is 135 Å². The molecule has 2 rings (SSSR count). The van der Waals surface area contributed by atoms with Crippen LogP contribution in [-0.4, -0.2) is 55.5 Å². The van der Waals surface area contributed by atoms with E-state index in [4.69, 9.17) is 0 Å². The summed E-state index contributed by atoms with van der Waals surface area (Å²) >= 11 is 0. The van der Waals surface area contributed by atoms with Crippen LogP contribution in [0.25, 0.3) is 0 Å². The van der Waals surface area contributed by atoms with Gasteiger partial charge in [-0.15, -0.1) is 0 Å². The van der Waals surface area contributed by atoms with Crippen LogP contribution in [-0.2, 0) is 4.79 Å². The molecule has 7 nitrogen and oxygen atoms in total. The SMILES string of the molecule is CNC(=O)NC(=O)CN1CCC(NC(=O)c2ccccc2)CC1. The summed E-state index contributed by atoms with van der Waals surface area (Å²) in [5, 5.41) is 7.60. The molecule has 4 amide bonds. The molecule has 3 N–H and O–H groups in total. The normalized spacial score (nSPS) is 15.7. The molecule has 1 fully saturated rings. The molecule has 0 aromatic heterocycles. The van der Waals surface area contributed by atoms with Gasteiger partial charge in [0.25, 0.3) is 5.91 Å². The number of amides is 4. The fourth-order valence-corrected chi connectivity index (χ4v) is 2.53.